The van der Waals surface area contributed by atoms with E-state index in [2.05, 4.69) is 69.4 Å². The van der Waals surface area contributed by atoms with Gasteiger partial charge in [0.2, 0.25) is 0 Å². The maximum Gasteiger partial charge on any atom is 0.0382 e. The van der Waals surface area contributed by atoms with Crippen LogP contribution in [-0.2, 0) is 5.41 Å². The predicted molar refractivity (Wildman–Crippen MR) is 79.8 cm³/mol. The maximum atomic E-state index is 3.54. The zero-order valence-corrected chi connectivity index (χ0v) is 11.9. The molecule has 1 aliphatic rings. The van der Waals surface area contributed by atoms with Crippen molar-refractivity contribution < 1.29 is 0 Å². The summed E-state index contributed by atoms with van der Waals surface area (Å²) < 4.78 is 0. The van der Waals surface area contributed by atoms with E-state index in [4.69, 9.17) is 0 Å². The van der Waals surface area contributed by atoms with E-state index in [1.54, 1.807) is 0 Å². The lowest BCUT2D eigenvalue weighted by atomic mass is 9.87. The monoisotopic (exact) mass is 241 g/mol. The van der Waals surface area contributed by atoms with E-state index >= 15 is 0 Å². The van der Waals surface area contributed by atoms with Gasteiger partial charge in [0.25, 0.3) is 0 Å². The molecule has 0 spiro atoms. The fourth-order valence-electron chi connectivity index (χ4n) is 2.17. The van der Waals surface area contributed by atoms with Crippen LogP contribution >= 0.6 is 0 Å². The van der Waals surface area contributed by atoms with Crippen molar-refractivity contribution in [3.8, 4) is 0 Å². The number of hydrogen-bond acceptors (Lipinski definition) is 1. The van der Waals surface area contributed by atoms with Crippen LogP contribution in [0, 0.1) is 0 Å². The average Bonchev–Trinajstić information content (AvgIpc) is 2.32. The third-order valence-electron chi connectivity index (χ3n) is 3.45. The lowest BCUT2D eigenvalue weighted by Crippen LogP contribution is -2.11. The van der Waals surface area contributed by atoms with E-state index in [1.165, 1.54) is 22.5 Å². The molecular weight excluding hydrogens is 218 g/mol. The molecule has 0 fully saturated rings. The lowest BCUT2D eigenvalue weighted by molar-refractivity contribution is 0.590. The van der Waals surface area contributed by atoms with E-state index in [9.17, 15) is 0 Å². The van der Waals surface area contributed by atoms with Gasteiger partial charge in [-0.05, 0) is 48.4 Å². The Morgan fingerprint density at radius 1 is 1.06 bits per heavy atom. The molecule has 1 aliphatic carbocycles. The fourth-order valence-corrected chi connectivity index (χ4v) is 2.17. The quantitative estimate of drug-likeness (QED) is 0.766. The average molecular weight is 241 g/mol. The molecule has 0 unspecified atom stereocenters. The Balaban J connectivity index is 2.14. The summed E-state index contributed by atoms with van der Waals surface area (Å²) in [7, 11) is 0. The van der Waals surface area contributed by atoms with Crippen molar-refractivity contribution in [2.45, 2.75) is 46.0 Å². The molecule has 0 aromatic heterocycles. The van der Waals surface area contributed by atoms with Crippen molar-refractivity contribution in [3.05, 3.63) is 53.3 Å². The number of hydrogen-bond donors (Lipinski definition) is 1. The van der Waals surface area contributed by atoms with Crippen molar-refractivity contribution in [2.75, 3.05) is 5.32 Å². The molecule has 1 heteroatoms. The first-order chi connectivity index (χ1) is 8.47. The molecule has 0 bridgehead atoms. The van der Waals surface area contributed by atoms with Gasteiger partial charge in [0.05, 0.1) is 0 Å². The molecule has 0 saturated heterocycles. The van der Waals surface area contributed by atoms with Crippen LogP contribution in [0.2, 0.25) is 0 Å². The molecule has 1 nitrogen and oxygen atoms in total. The van der Waals surface area contributed by atoms with Gasteiger partial charge in [-0.2, -0.15) is 0 Å². The Labute approximate surface area is 111 Å². The highest BCUT2D eigenvalue weighted by molar-refractivity contribution is 5.52. The molecule has 0 radical (unpaired) electrons. The van der Waals surface area contributed by atoms with Gasteiger partial charge in [0.15, 0.2) is 0 Å². The summed E-state index contributed by atoms with van der Waals surface area (Å²) in [5.41, 5.74) is 5.48. The first-order valence-corrected chi connectivity index (χ1v) is 6.71. The Hall–Kier alpha value is -1.50. The summed E-state index contributed by atoms with van der Waals surface area (Å²) in [6.07, 6.45) is 6.70. The van der Waals surface area contributed by atoms with Crippen LogP contribution in [0.15, 0.2) is 47.7 Å². The van der Waals surface area contributed by atoms with Crippen LogP contribution in [-0.4, -0.2) is 0 Å². The molecule has 0 saturated carbocycles. The molecule has 1 aromatic rings. The van der Waals surface area contributed by atoms with Crippen LogP contribution in [0.3, 0.4) is 0 Å². The van der Waals surface area contributed by atoms with Crippen LogP contribution in [0.25, 0.3) is 0 Å². The van der Waals surface area contributed by atoms with Gasteiger partial charge in [-0.25, -0.2) is 0 Å². The number of benzene rings is 1. The van der Waals surface area contributed by atoms with Gasteiger partial charge >= 0.3 is 0 Å². The van der Waals surface area contributed by atoms with Crippen LogP contribution in [0.1, 0.15) is 46.1 Å². The molecule has 0 heterocycles. The standard InChI is InChI=1S/C17H23N/c1-13-7-5-6-8-16(13)18-15-11-9-14(10-12-15)17(2,3)4/h5,7,9-12,18H,6,8H2,1-4H3. The first kappa shape index (κ1) is 12.9. The van der Waals surface area contributed by atoms with E-state index < -0.39 is 0 Å². The summed E-state index contributed by atoms with van der Waals surface area (Å²) in [5.74, 6) is 0. The molecular formula is C17H23N. The van der Waals surface area contributed by atoms with Gasteiger partial charge in [-0.15, -0.1) is 0 Å². The van der Waals surface area contributed by atoms with Crippen molar-refractivity contribution in [2.24, 2.45) is 0 Å². The topological polar surface area (TPSA) is 12.0 Å². The van der Waals surface area contributed by atoms with Crippen LogP contribution < -0.4 is 5.32 Å². The molecule has 1 N–H and O–H groups in total. The predicted octanol–water partition coefficient (Wildman–Crippen LogP) is 5.02. The molecule has 18 heavy (non-hydrogen) atoms. The van der Waals surface area contributed by atoms with Gasteiger partial charge in [0.1, 0.15) is 0 Å². The Morgan fingerprint density at radius 2 is 1.72 bits per heavy atom. The molecule has 1 aromatic carbocycles. The third kappa shape index (κ3) is 3.04. The highest BCUT2D eigenvalue weighted by Gasteiger charge is 2.13. The molecule has 0 atom stereocenters. The SMILES string of the molecule is CC1=C(Nc2ccc(C(C)(C)C)cc2)CCC=C1. The van der Waals surface area contributed by atoms with E-state index in [0.717, 1.165) is 12.8 Å². The van der Waals surface area contributed by atoms with Crippen molar-refractivity contribution in [1.29, 1.82) is 0 Å². The molecule has 96 valence electrons. The van der Waals surface area contributed by atoms with Gasteiger partial charge < -0.3 is 5.32 Å². The normalized spacial score (nSPS) is 16.0. The smallest absolute Gasteiger partial charge is 0.0382 e. The van der Waals surface area contributed by atoms with Crippen LogP contribution in [0.4, 0.5) is 5.69 Å². The van der Waals surface area contributed by atoms with E-state index in [-0.39, 0.29) is 5.41 Å². The highest BCUT2D eigenvalue weighted by atomic mass is 14.9. The highest BCUT2D eigenvalue weighted by Crippen LogP contribution is 2.25. The molecule has 2 rings (SSSR count). The summed E-state index contributed by atoms with van der Waals surface area (Å²) in [5, 5.41) is 3.54. The minimum absolute atomic E-state index is 0.224. The second kappa shape index (κ2) is 5.01. The lowest BCUT2D eigenvalue weighted by Gasteiger charge is -2.20. The maximum absolute atomic E-state index is 3.54. The summed E-state index contributed by atoms with van der Waals surface area (Å²) in [6.45, 7) is 8.90. The molecule has 0 amide bonds. The van der Waals surface area contributed by atoms with E-state index in [1.807, 2.05) is 0 Å². The zero-order chi connectivity index (χ0) is 13.2. The summed E-state index contributed by atoms with van der Waals surface area (Å²) in [4.78, 5) is 0. The van der Waals surface area contributed by atoms with Gasteiger partial charge in [-0.3, -0.25) is 0 Å². The first-order valence-electron chi connectivity index (χ1n) is 6.71. The van der Waals surface area contributed by atoms with E-state index in [0.29, 0.717) is 0 Å². The Kier molecular flexibility index (Phi) is 3.60. The second-order valence-corrected chi connectivity index (χ2v) is 6.05. The van der Waals surface area contributed by atoms with Crippen LogP contribution in [0.5, 0.6) is 0 Å². The number of allylic oxidation sites excluding steroid dienone is 4. The second-order valence-electron chi connectivity index (χ2n) is 6.05. The fraction of sp³-hybridized carbons (Fsp3) is 0.412. The Morgan fingerprint density at radius 3 is 2.28 bits per heavy atom. The Bertz CT molecular complexity index is 469. The minimum atomic E-state index is 0.224. The number of nitrogens with one attached hydrogen (secondary N) is 1. The van der Waals surface area contributed by atoms with Crippen molar-refractivity contribution >= 4 is 5.69 Å². The summed E-state index contributed by atoms with van der Waals surface area (Å²) >= 11 is 0. The molecule has 0 aliphatic heterocycles. The van der Waals surface area contributed by atoms with Crippen molar-refractivity contribution in [3.63, 3.8) is 0 Å². The largest absolute Gasteiger partial charge is 0.359 e. The number of anilines is 1. The van der Waals surface area contributed by atoms with Gasteiger partial charge in [-0.1, -0.05) is 45.1 Å². The summed E-state index contributed by atoms with van der Waals surface area (Å²) in [6, 6.07) is 8.80. The number of rotatable bonds is 2. The zero-order valence-electron chi connectivity index (χ0n) is 11.9. The van der Waals surface area contributed by atoms with Crippen molar-refractivity contribution in [1.82, 2.24) is 0 Å². The third-order valence-corrected chi connectivity index (χ3v) is 3.45. The minimum Gasteiger partial charge on any atom is -0.359 e. The van der Waals surface area contributed by atoms with Gasteiger partial charge in [0, 0.05) is 11.4 Å².